The zero-order chi connectivity index (χ0) is 10.8. The van der Waals surface area contributed by atoms with Crippen molar-refractivity contribution in [3.05, 3.63) is 34.1 Å². The van der Waals surface area contributed by atoms with Crippen LogP contribution in [-0.4, -0.2) is 12.6 Å². The molecule has 1 saturated heterocycles. The van der Waals surface area contributed by atoms with Crippen molar-refractivity contribution in [3.8, 4) is 0 Å². The van der Waals surface area contributed by atoms with E-state index in [9.17, 15) is 8.78 Å². The Labute approximate surface area is 96.0 Å². The van der Waals surface area contributed by atoms with Gasteiger partial charge in [0.2, 0.25) is 0 Å². The van der Waals surface area contributed by atoms with Gasteiger partial charge >= 0.3 is 0 Å². The number of halogens is 3. The molecule has 0 bridgehead atoms. The fraction of sp³-hybridized carbons (Fsp3) is 0.455. The third kappa shape index (κ3) is 2.21. The molecule has 1 aliphatic rings. The van der Waals surface area contributed by atoms with Crippen molar-refractivity contribution in [2.24, 2.45) is 0 Å². The van der Waals surface area contributed by atoms with E-state index in [-0.39, 0.29) is 11.6 Å². The van der Waals surface area contributed by atoms with Crippen molar-refractivity contribution >= 4 is 15.9 Å². The Bertz CT molecular complexity index is 350. The maximum Gasteiger partial charge on any atom is 0.143 e. The van der Waals surface area contributed by atoms with Gasteiger partial charge in [-0.15, -0.1) is 0 Å². The molecule has 1 aromatic carbocycles. The van der Waals surface area contributed by atoms with E-state index < -0.39 is 12.0 Å². The first-order valence-electron chi connectivity index (χ1n) is 5.01. The van der Waals surface area contributed by atoms with Gasteiger partial charge in [-0.2, -0.15) is 0 Å². The summed E-state index contributed by atoms with van der Waals surface area (Å²) in [6.07, 6.45) is 0.471. The third-order valence-electron chi connectivity index (χ3n) is 2.73. The van der Waals surface area contributed by atoms with E-state index in [1.807, 2.05) is 0 Å². The van der Waals surface area contributed by atoms with Crippen LogP contribution in [0.25, 0.3) is 0 Å². The molecule has 15 heavy (non-hydrogen) atoms. The van der Waals surface area contributed by atoms with E-state index >= 15 is 0 Å². The maximum absolute atomic E-state index is 14.0. The van der Waals surface area contributed by atoms with Crippen LogP contribution in [0.3, 0.4) is 0 Å². The molecule has 0 amide bonds. The Morgan fingerprint density at radius 3 is 2.93 bits per heavy atom. The summed E-state index contributed by atoms with van der Waals surface area (Å²) in [5, 5.41) is 3.04. The predicted octanol–water partition coefficient (Wildman–Crippen LogP) is 3.35. The highest BCUT2D eigenvalue weighted by atomic mass is 79.9. The SMILES string of the molecule is Fc1c(Br)cccc1C(F)C1CCCN1. The van der Waals surface area contributed by atoms with Gasteiger partial charge in [0.15, 0.2) is 0 Å². The lowest BCUT2D eigenvalue weighted by atomic mass is 10.0. The fourth-order valence-corrected chi connectivity index (χ4v) is 2.29. The molecule has 0 spiro atoms. The average molecular weight is 276 g/mol. The van der Waals surface area contributed by atoms with Crippen LogP contribution < -0.4 is 5.32 Å². The predicted molar refractivity (Wildman–Crippen MR) is 59.0 cm³/mol. The van der Waals surface area contributed by atoms with E-state index in [0.717, 1.165) is 19.4 Å². The van der Waals surface area contributed by atoms with Crippen LogP contribution in [0.4, 0.5) is 8.78 Å². The number of rotatable bonds is 2. The summed E-state index contributed by atoms with van der Waals surface area (Å²) in [5.74, 6) is -0.487. The number of hydrogen-bond acceptors (Lipinski definition) is 1. The fourth-order valence-electron chi connectivity index (χ4n) is 1.91. The Morgan fingerprint density at radius 1 is 1.47 bits per heavy atom. The van der Waals surface area contributed by atoms with E-state index in [0.29, 0.717) is 4.47 Å². The van der Waals surface area contributed by atoms with E-state index in [1.54, 1.807) is 12.1 Å². The molecule has 2 atom stereocenters. The summed E-state index contributed by atoms with van der Waals surface area (Å²) in [6, 6.07) is 4.50. The summed E-state index contributed by atoms with van der Waals surface area (Å²) >= 11 is 3.06. The molecule has 0 saturated carbocycles. The maximum atomic E-state index is 14.0. The summed E-state index contributed by atoms with van der Waals surface area (Å²) in [6.45, 7) is 0.820. The van der Waals surface area contributed by atoms with Crippen LogP contribution in [0.1, 0.15) is 24.6 Å². The van der Waals surface area contributed by atoms with Crippen molar-refractivity contribution in [1.82, 2.24) is 5.32 Å². The lowest BCUT2D eigenvalue weighted by molar-refractivity contribution is 0.263. The Balaban J connectivity index is 2.24. The molecule has 1 aromatic rings. The van der Waals surface area contributed by atoms with Crippen molar-refractivity contribution < 1.29 is 8.78 Å². The summed E-state index contributed by atoms with van der Waals surface area (Å²) in [7, 11) is 0. The standard InChI is InChI=1S/C11H12BrF2N/c12-8-4-1-3-7(10(8)13)11(14)9-5-2-6-15-9/h1,3-4,9,11,15H,2,5-6H2. The lowest BCUT2D eigenvalue weighted by Gasteiger charge is -2.17. The molecule has 0 radical (unpaired) electrons. The third-order valence-corrected chi connectivity index (χ3v) is 3.34. The molecule has 82 valence electrons. The second-order valence-electron chi connectivity index (χ2n) is 3.75. The average Bonchev–Trinajstić information content (AvgIpc) is 2.74. The summed E-state index contributed by atoms with van der Waals surface area (Å²) in [4.78, 5) is 0. The van der Waals surface area contributed by atoms with Gasteiger partial charge in [0.05, 0.1) is 4.47 Å². The topological polar surface area (TPSA) is 12.0 Å². The highest BCUT2D eigenvalue weighted by Gasteiger charge is 2.28. The van der Waals surface area contributed by atoms with Crippen molar-refractivity contribution in [2.45, 2.75) is 25.1 Å². The van der Waals surface area contributed by atoms with Crippen molar-refractivity contribution in [3.63, 3.8) is 0 Å². The largest absolute Gasteiger partial charge is 0.311 e. The van der Waals surface area contributed by atoms with Gasteiger partial charge in [-0.1, -0.05) is 12.1 Å². The van der Waals surface area contributed by atoms with E-state index in [1.165, 1.54) is 6.07 Å². The molecular weight excluding hydrogens is 264 g/mol. The van der Waals surface area contributed by atoms with Gasteiger partial charge < -0.3 is 5.32 Å². The quantitative estimate of drug-likeness (QED) is 0.873. The first-order valence-corrected chi connectivity index (χ1v) is 5.81. The molecule has 0 aromatic heterocycles. The van der Waals surface area contributed by atoms with Crippen LogP contribution in [0.2, 0.25) is 0 Å². The van der Waals surface area contributed by atoms with Gasteiger partial charge in [-0.25, -0.2) is 8.78 Å². The van der Waals surface area contributed by atoms with Crippen LogP contribution >= 0.6 is 15.9 Å². The lowest BCUT2D eigenvalue weighted by Crippen LogP contribution is -2.27. The number of benzene rings is 1. The number of alkyl halides is 1. The minimum atomic E-state index is -1.26. The minimum absolute atomic E-state index is 0.142. The Morgan fingerprint density at radius 2 is 2.27 bits per heavy atom. The van der Waals surface area contributed by atoms with Gasteiger partial charge in [-0.05, 0) is 41.4 Å². The molecule has 1 nitrogen and oxygen atoms in total. The van der Waals surface area contributed by atoms with Crippen LogP contribution in [-0.2, 0) is 0 Å². The molecule has 4 heteroatoms. The molecule has 1 heterocycles. The monoisotopic (exact) mass is 275 g/mol. The van der Waals surface area contributed by atoms with Crippen LogP contribution in [0.5, 0.6) is 0 Å². The Hall–Kier alpha value is -0.480. The number of nitrogens with one attached hydrogen (secondary N) is 1. The highest BCUT2D eigenvalue weighted by Crippen LogP contribution is 2.31. The van der Waals surface area contributed by atoms with Gasteiger partial charge in [0.1, 0.15) is 12.0 Å². The van der Waals surface area contributed by atoms with Gasteiger partial charge in [0, 0.05) is 11.6 Å². The van der Waals surface area contributed by atoms with Crippen LogP contribution in [0, 0.1) is 5.82 Å². The second kappa shape index (κ2) is 4.58. The minimum Gasteiger partial charge on any atom is -0.311 e. The molecule has 2 unspecified atom stereocenters. The zero-order valence-electron chi connectivity index (χ0n) is 8.14. The molecule has 0 aliphatic carbocycles. The van der Waals surface area contributed by atoms with E-state index in [2.05, 4.69) is 21.2 Å². The van der Waals surface area contributed by atoms with Gasteiger partial charge in [0.25, 0.3) is 0 Å². The first kappa shape index (κ1) is 11.0. The smallest absolute Gasteiger partial charge is 0.143 e. The van der Waals surface area contributed by atoms with Crippen molar-refractivity contribution in [1.29, 1.82) is 0 Å². The normalized spacial score (nSPS) is 23.0. The van der Waals surface area contributed by atoms with E-state index in [4.69, 9.17) is 0 Å². The second-order valence-corrected chi connectivity index (χ2v) is 4.60. The molecule has 1 N–H and O–H groups in total. The molecular formula is C11H12BrF2N. The van der Waals surface area contributed by atoms with Gasteiger partial charge in [-0.3, -0.25) is 0 Å². The molecule has 1 fully saturated rings. The van der Waals surface area contributed by atoms with Crippen LogP contribution in [0.15, 0.2) is 22.7 Å². The number of hydrogen-bond donors (Lipinski definition) is 1. The molecule has 2 rings (SSSR count). The first-order chi connectivity index (χ1) is 7.20. The highest BCUT2D eigenvalue weighted by molar-refractivity contribution is 9.10. The Kier molecular flexibility index (Phi) is 3.36. The summed E-state index contributed by atoms with van der Waals surface area (Å²) in [5.41, 5.74) is 0.142. The van der Waals surface area contributed by atoms with Crippen molar-refractivity contribution in [2.75, 3.05) is 6.54 Å². The zero-order valence-corrected chi connectivity index (χ0v) is 9.73. The summed E-state index contributed by atoms with van der Waals surface area (Å²) < 4.78 is 27.9. The molecule has 1 aliphatic heterocycles.